The van der Waals surface area contributed by atoms with E-state index >= 15 is 0 Å². The zero-order valence-corrected chi connectivity index (χ0v) is 66.1. The number of ether oxygens (including phenoxy) is 8. The molecule has 2 fully saturated rings. The molecule has 6 aromatic carbocycles. The topological polar surface area (TPSA) is 224 Å². The van der Waals surface area contributed by atoms with E-state index in [1.807, 2.05) is 147 Å². The molecule has 0 radical (unpaired) electrons. The number of nitrogens with zero attached hydrogens (tertiary/aromatic N) is 7. The van der Waals surface area contributed by atoms with Crippen molar-refractivity contribution in [2.24, 2.45) is 5.92 Å². The zero-order chi connectivity index (χ0) is 77.9. The summed E-state index contributed by atoms with van der Waals surface area (Å²) in [5, 5.41) is 40.3. The van der Waals surface area contributed by atoms with Crippen LogP contribution in [0.3, 0.4) is 0 Å². The van der Waals surface area contributed by atoms with Crippen molar-refractivity contribution in [1.82, 2.24) is 14.7 Å². The summed E-state index contributed by atoms with van der Waals surface area (Å²) >= 11 is 6.96. The minimum absolute atomic E-state index is 0.245. The lowest BCUT2D eigenvalue weighted by molar-refractivity contribution is -0.122. The quantitative estimate of drug-likeness (QED) is 0.0232. The summed E-state index contributed by atoms with van der Waals surface area (Å²) in [6.45, 7) is 20.7. The standard InChI is InChI=1S/C22H18ClN3O2S.C18H23NO2.3C16H21NO2/c1-3-25-21(27)19(29-22(25)28)12-16-13-26(18-10-8-17(23)9-11-18)24-20(16)15-6-4-14(2)5-7-15;1-14(12-19)10-16-8-9-17(18(11-16)20-2)21-13-15-6-4-3-5-7-15;3*1-4-5-6-9-19-15-8-7-14(10-13(2)12-17)11-16(15)18-3/h4-13H,3H2,1-2H3;8-11,15H,3-7,13H2,1-2H3;3*7-8,10-11H,4-6,9H2,1-3H3/b19-12-;14-10-;3*13-10-. The number of methoxy groups -OCH3 is 4. The van der Waals surface area contributed by atoms with Crippen LogP contribution in [0.4, 0.5) is 4.79 Å². The third-order valence-electron chi connectivity index (χ3n) is 16.8. The Balaban J connectivity index is 0.000000243. The number of allylic oxidation sites excluding steroid dienone is 4. The van der Waals surface area contributed by atoms with Gasteiger partial charge in [0, 0.05) is 51.2 Å². The van der Waals surface area contributed by atoms with E-state index in [1.54, 1.807) is 85.9 Å². The maximum Gasteiger partial charge on any atom is 0.293 e. The Hall–Kier alpha value is -10.6. The Morgan fingerprint density at radius 3 is 1.24 bits per heavy atom. The van der Waals surface area contributed by atoms with Gasteiger partial charge < -0.3 is 37.9 Å². The van der Waals surface area contributed by atoms with Crippen LogP contribution in [0.1, 0.15) is 179 Å². The molecule has 19 heteroatoms. The molecule has 1 aromatic heterocycles. The SMILES string of the molecule is CCCCCOc1ccc(/C=C(/C)C#N)cc1OC.CCCCCOc1ccc(/C=C(/C)C#N)cc1OC.CCCCCOc1ccc(/C=C(/C)C#N)cc1OC.CCN1C(=O)S/C(=C\c2cn(-c3ccc(Cl)cc3)nc2-c2ccc(C)cc2)C1=O.COc1cc(/C=C(/C)C#N)ccc1OCC1CCCCC1. The van der Waals surface area contributed by atoms with Crippen molar-refractivity contribution < 1.29 is 47.5 Å². The Bertz CT molecular complexity index is 4100. The number of nitriles is 4. The number of benzene rings is 6. The molecule has 2 amide bonds. The van der Waals surface area contributed by atoms with Crippen molar-refractivity contribution in [3.8, 4) is 87.2 Å². The fourth-order valence-corrected chi connectivity index (χ4v) is 12.0. The maximum absolute atomic E-state index is 12.5. The number of thioether (sulfide) groups is 1. The average Bonchev–Trinajstić information content (AvgIpc) is 1.65. The first-order valence-corrected chi connectivity index (χ1v) is 37.8. The minimum atomic E-state index is -0.267. The van der Waals surface area contributed by atoms with Crippen molar-refractivity contribution in [2.45, 2.75) is 152 Å². The van der Waals surface area contributed by atoms with Gasteiger partial charge in [-0.1, -0.05) is 144 Å². The molecule has 1 aliphatic carbocycles. The van der Waals surface area contributed by atoms with E-state index in [-0.39, 0.29) is 11.1 Å². The highest BCUT2D eigenvalue weighted by molar-refractivity contribution is 8.18. The number of imide groups is 1. The van der Waals surface area contributed by atoms with E-state index in [9.17, 15) is 9.59 Å². The fourth-order valence-electron chi connectivity index (χ4n) is 10.9. The van der Waals surface area contributed by atoms with Crippen LogP contribution in [0, 0.1) is 58.2 Å². The van der Waals surface area contributed by atoms with Crippen LogP contribution in [-0.4, -0.2) is 87.2 Å². The number of rotatable bonds is 30. The molecule has 107 heavy (non-hydrogen) atoms. The van der Waals surface area contributed by atoms with Crippen LogP contribution in [0.2, 0.25) is 5.02 Å². The number of carbonyl (C=O) groups is 2. The van der Waals surface area contributed by atoms with E-state index in [1.165, 1.54) is 75.5 Å². The number of unbranched alkanes of at least 4 members (excludes halogenated alkanes) is 6. The molecule has 17 nitrogen and oxygen atoms in total. The molecule has 1 aliphatic heterocycles. The van der Waals surface area contributed by atoms with Crippen molar-refractivity contribution >= 4 is 64.9 Å². The second kappa shape index (κ2) is 48.5. The van der Waals surface area contributed by atoms with Crippen LogP contribution in [0.15, 0.2) is 155 Å². The van der Waals surface area contributed by atoms with Gasteiger partial charge in [-0.15, -0.1) is 0 Å². The number of likely N-dealkylation sites (N-methyl/N-ethyl adjacent to an activating group) is 1. The number of hydrogen-bond donors (Lipinski definition) is 0. The molecule has 2 aliphatic rings. The van der Waals surface area contributed by atoms with E-state index in [2.05, 4.69) is 45.0 Å². The summed E-state index contributed by atoms with van der Waals surface area (Å²) in [6.07, 6.45) is 27.7. The maximum atomic E-state index is 12.5. The highest BCUT2D eigenvalue weighted by Gasteiger charge is 2.34. The Morgan fingerprint density at radius 2 is 0.897 bits per heavy atom. The lowest BCUT2D eigenvalue weighted by Crippen LogP contribution is -2.27. The van der Waals surface area contributed by atoms with Crippen LogP contribution >= 0.6 is 23.4 Å². The van der Waals surface area contributed by atoms with Gasteiger partial charge in [0.15, 0.2) is 46.0 Å². The molecule has 0 unspecified atom stereocenters. The molecule has 1 saturated carbocycles. The van der Waals surface area contributed by atoms with Gasteiger partial charge in [0.25, 0.3) is 11.1 Å². The van der Waals surface area contributed by atoms with Gasteiger partial charge in [-0.2, -0.15) is 26.1 Å². The van der Waals surface area contributed by atoms with Crippen LogP contribution in [0.25, 0.3) is 47.3 Å². The normalized spacial score (nSPS) is 13.3. The third kappa shape index (κ3) is 30.0. The number of hydrogen-bond acceptors (Lipinski definition) is 16. The third-order valence-corrected chi connectivity index (χ3v) is 18.0. The number of carbonyl (C=O) groups excluding carboxylic acids is 2. The lowest BCUT2D eigenvalue weighted by Gasteiger charge is -2.22. The van der Waals surface area contributed by atoms with Crippen molar-refractivity contribution in [3.05, 3.63) is 193 Å². The fraction of sp³-hybridized carbons (Fsp3) is 0.375. The molecule has 9 rings (SSSR count). The number of aromatic nitrogens is 2. The number of aryl methyl sites for hydroxylation is 1. The summed E-state index contributed by atoms with van der Waals surface area (Å²) in [7, 11) is 6.52. The molecule has 0 N–H and O–H groups in total. The number of amides is 2. The first kappa shape index (κ1) is 87.0. The van der Waals surface area contributed by atoms with Crippen LogP contribution in [0.5, 0.6) is 46.0 Å². The summed E-state index contributed by atoms with van der Waals surface area (Å²) in [4.78, 5) is 26.2. The largest absolute Gasteiger partial charge is 0.493 e. The monoisotopic (exact) mass is 1490 g/mol. The summed E-state index contributed by atoms with van der Waals surface area (Å²) in [5.41, 5.74) is 10.9. The second-order valence-electron chi connectivity index (χ2n) is 25.5. The summed E-state index contributed by atoms with van der Waals surface area (Å²) in [5.74, 6) is 6.30. The minimum Gasteiger partial charge on any atom is -0.493 e. The van der Waals surface area contributed by atoms with Gasteiger partial charge in [0.1, 0.15) is 0 Å². The summed E-state index contributed by atoms with van der Waals surface area (Å²) in [6, 6.07) is 46.7. The van der Waals surface area contributed by atoms with Gasteiger partial charge >= 0.3 is 0 Å². The second-order valence-corrected chi connectivity index (χ2v) is 27.0. The predicted molar refractivity (Wildman–Crippen MR) is 433 cm³/mol. The molecule has 7 aromatic rings. The van der Waals surface area contributed by atoms with E-state index in [4.69, 9.17) is 75.6 Å². The molecule has 0 atom stereocenters. The average molecular weight is 1490 g/mol. The van der Waals surface area contributed by atoms with Crippen molar-refractivity contribution in [3.63, 3.8) is 0 Å². The first-order chi connectivity index (χ1) is 51.8. The Morgan fingerprint density at radius 1 is 0.514 bits per heavy atom. The molecule has 0 spiro atoms. The Kier molecular flexibility index (Phi) is 39.4. The zero-order valence-electron chi connectivity index (χ0n) is 64.5. The highest BCUT2D eigenvalue weighted by atomic mass is 35.5. The smallest absolute Gasteiger partial charge is 0.293 e. The van der Waals surface area contributed by atoms with Gasteiger partial charge in [-0.05, 0) is 217 Å². The molecule has 0 bridgehead atoms. The number of halogens is 1. The molecule has 1 saturated heterocycles. The van der Waals surface area contributed by atoms with Crippen molar-refractivity contribution in [1.29, 1.82) is 21.0 Å². The van der Waals surface area contributed by atoms with Crippen molar-refractivity contribution in [2.75, 3.05) is 61.4 Å². The Labute approximate surface area is 644 Å². The lowest BCUT2D eigenvalue weighted by atomic mass is 9.90. The van der Waals surface area contributed by atoms with E-state index < -0.39 is 0 Å². The van der Waals surface area contributed by atoms with Gasteiger partial charge in [0.05, 0.1) is 95.4 Å². The van der Waals surface area contributed by atoms with E-state index in [0.29, 0.717) is 81.8 Å². The highest BCUT2D eigenvalue weighted by Crippen LogP contribution is 2.37. The molecular weight excluding hydrogens is 1380 g/mol. The van der Waals surface area contributed by atoms with Gasteiger partial charge in [-0.25, -0.2) is 4.68 Å². The van der Waals surface area contributed by atoms with Crippen LogP contribution < -0.4 is 37.9 Å². The van der Waals surface area contributed by atoms with E-state index in [0.717, 1.165) is 117 Å². The molecule has 2 heterocycles. The summed E-state index contributed by atoms with van der Waals surface area (Å²) < 4.78 is 46.2. The van der Waals surface area contributed by atoms with Gasteiger partial charge in [-0.3, -0.25) is 14.5 Å². The van der Waals surface area contributed by atoms with Gasteiger partial charge in [0.2, 0.25) is 0 Å². The van der Waals surface area contributed by atoms with Crippen LogP contribution in [-0.2, 0) is 4.79 Å². The first-order valence-electron chi connectivity index (χ1n) is 36.6. The molecular formula is C88H104ClN7O10S. The predicted octanol–water partition coefficient (Wildman–Crippen LogP) is 22.7. The molecule has 564 valence electrons.